The second kappa shape index (κ2) is 4.49. The zero-order valence-electron chi connectivity index (χ0n) is 8.52. The topological polar surface area (TPSA) is 124 Å². The first kappa shape index (κ1) is 12.1. The molecule has 2 aromatic rings. The van der Waals surface area contributed by atoms with Gasteiger partial charge in [-0.2, -0.15) is 0 Å². The Labute approximate surface area is 107 Å². The molecule has 0 fully saturated rings. The largest absolute Gasteiger partial charge is 0.492 e. The molecule has 2 aromatic heterocycles. The van der Waals surface area contributed by atoms with Crippen molar-refractivity contribution in [2.45, 2.75) is 0 Å². The van der Waals surface area contributed by atoms with Gasteiger partial charge in [-0.25, -0.2) is 9.78 Å². The minimum Gasteiger partial charge on any atom is -0.478 e. The van der Waals surface area contributed by atoms with E-state index in [9.17, 15) is 14.9 Å². The van der Waals surface area contributed by atoms with Crippen LogP contribution in [-0.4, -0.2) is 35.7 Å². The third-order valence-corrected chi connectivity index (χ3v) is 2.45. The Morgan fingerprint density at radius 1 is 1.56 bits per heavy atom. The number of pyridine rings is 1. The van der Waals surface area contributed by atoms with E-state index in [2.05, 4.69) is 31.0 Å². The van der Waals surface area contributed by atoms with Gasteiger partial charge in [0.15, 0.2) is 5.82 Å². The molecular weight excluding hydrogens is 310 g/mol. The number of carbonyl (C=O) groups is 1. The Bertz CT molecular complexity index is 640. The molecule has 9 nitrogen and oxygen atoms in total. The highest BCUT2D eigenvalue weighted by Crippen LogP contribution is 2.19. The van der Waals surface area contributed by atoms with Crippen LogP contribution in [0, 0.1) is 10.1 Å². The van der Waals surface area contributed by atoms with Gasteiger partial charge in [-0.3, -0.25) is 0 Å². The van der Waals surface area contributed by atoms with E-state index < -0.39 is 16.8 Å². The molecule has 92 valence electrons. The Morgan fingerprint density at radius 2 is 2.28 bits per heavy atom. The number of carboxylic acids is 1. The third kappa shape index (κ3) is 2.05. The van der Waals surface area contributed by atoms with Gasteiger partial charge in [-0.05, 0) is 22.0 Å². The highest BCUT2D eigenvalue weighted by molar-refractivity contribution is 9.10. The smallest absolute Gasteiger partial charge is 0.478 e. The lowest BCUT2D eigenvalue weighted by Crippen LogP contribution is -2.09. The van der Waals surface area contributed by atoms with Crippen LogP contribution in [0.3, 0.4) is 0 Å². The minimum absolute atomic E-state index is 0.00426. The van der Waals surface area contributed by atoms with Crippen molar-refractivity contribution in [3.63, 3.8) is 0 Å². The average molecular weight is 314 g/mol. The maximum Gasteiger partial charge on any atom is 0.492 e. The first-order valence-corrected chi connectivity index (χ1v) is 5.25. The first-order chi connectivity index (χ1) is 8.50. The summed E-state index contributed by atoms with van der Waals surface area (Å²) in [6.45, 7) is 0. The van der Waals surface area contributed by atoms with Crippen molar-refractivity contribution in [2.75, 3.05) is 0 Å². The van der Waals surface area contributed by atoms with E-state index >= 15 is 0 Å². The summed E-state index contributed by atoms with van der Waals surface area (Å²) in [5, 5.41) is 23.1. The fourth-order valence-corrected chi connectivity index (χ4v) is 1.63. The van der Waals surface area contributed by atoms with Crippen molar-refractivity contribution in [3.05, 3.63) is 38.7 Å². The molecule has 2 heterocycles. The highest BCUT2D eigenvalue weighted by Gasteiger charge is 2.24. The molecule has 0 saturated heterocycles. The molecule has 0 atom stereocenters. The molecule has 0 bridgehead atoms. The third-order valence-electron chi connectivity index (χ3n) is 1.94. The number of carboxylic acid groups (broad SMARTS) is 1. The number of aromatic nitrogens is 4. The number of aromatic carboxylic acids is 1. The maximum absolute atomic E-state index is 11.0. The van der Waals surface area contributed by atoms with Gasteiger partial charge in [0, 0.05) is 27.2 Å². The lowest BCUT2D eigenvalue weighted by Gasteiger charge is -2.00. The molecule has 0 saturated carbocycles. The molecular formula is C8H4BrN5O4. The van der Waals surface area contributed by atoms with Gasteiger partial charge in [0.2, 0.25) is 0 Å². The number of hydrogen-bond donors (Lipinski definition) is 1. The van der Waals surface area contributed by atoms with Gasteiger partial charge >= 0.3 is 11.9 Å². The highest BCUT2D eigenvalue weighted by atomic mass is 79.9. The Morgan fingerprint density at radius 3 is 2.83 bits per heavy atom. The van der Waals surface area contributed by atoms with E-state index in [4.69, 9.17) is 5.11 Å². The van der Waals surface area contributed by atoms with Crippen LogP contribution in [0.4, 0.5) is 5.95 Å². The van der Waals surface area contributed by atoms with Gasteiger partial charge in [-0.15, -0.1) is 4.68 Å². The Balaban J connectivity index is 2.62. The van der Waals surface area contributed by atoms with Crippen LogP contribution in [0.2, 0.25) is 0 Å². The summed E-state index contributed by atoms with van der Waals surface area (Å²) in [6.07, 6.45) is 1.35. The summed E-state index contributed by atoms with van der Waals surface area (Å²) < 4.78 is 0.942. The van der Waals surface area contributed by atoms with E-state index in [1.165, 1.54) is 18.3 Å². The number of halogens is 1. The molecule has 0 radical (unpaired) electrons. The molecule has 0 spiro atoms. The molecule has 0 aliphatic carbocycles. The first-order valence-electron chi connectivity index (χ1n) is 4.46. The minimum atomic E-state index is -1.22. The molecule has 0 aromatic carbocycles. The van der Waals surface area contributed by atoms with E-state index in [1.54, 1.807) is 0 Å². The average Bonchev–Trinajstić information content (AvgIpc) is 2.71. The normalized spacial score (nSPS) is 10.3. The fraction of sp³-hybridized carbons (Fsp3) is 0. The summed E-state index contributed by atoms with van der Waals surface area (Å²) >= 11 is 2.96. The van der Waals surface area contributed by atoms with E-state index in [-0.39, 0.29) is 16.1 Å². The monoisotopic (exact) mass is 313 g/mol. The van der Waals surface area contributed by atoms with Crippen LogP contribution < -0.4 is 0 Å². The van der Waals surface area contributed by atoms with Crippen LogP contribution in [0.25, 0.3) is 5.82 Å². The van der Waals surface area contributed by atoms with Gasteiger partial charge in [-0.1, -0.05) is 0 Å². The lowest BCUT2D eigenvalue weighted by molar-refractivity contribution is -0.394. The molecule has 10 heteroatoms. The van der Waals surface area contributed by atoms with Crippen molar-refractivity contribution in [2.24, 2.45) is 0 Å². The van der Waals surface area contributed by atoms with Gasteiger partial charge in [0.05, 0.1) is 0 Å². The van der Waals surface area contributed by atoms with Crippen molar-refractivity contribution in [1.29, 1.82) is 0 Å². The van der Waals surface area contributed by atoms with Crippen LogP contribution in [0.5, 0.6) is 0 Å². The second-order valence-corrected chi connectivity index (χ2v) is 3.74. The van der Waals surface area contributed by atoms with Gasteiger partial charge in [0.1, 0.15) is 5.56 Å². The second-order valence-electron chi connectivity index (χ2n) is 3.03. The standard InChI is InChI=1S/C8H4BrN5O4/c9-7-11-8(14(17)18)12-13(7)5-4(6(15)16)2-1-3-10-5/h1-3H,(H,15,16). The summed E-state index contributed by atoms with van der Waals surface area (Å²) in [5.74, 6) is -1.93. The van der Waals surface area contributed by atoms with Gasteiger partial charge < -0.3 is 15.2 Å². The number of nitrogens with zero attached hydrogens (tertiary/aromatic N) is 5. The Kier molecular flexibility index (Phi) is 3.02. The number of rotatable bonds is 3. The fourth-order valence-electron chi connectivity index (χ4n) is 1.23. The number of hydrogen-bond acceptors (Lipinski definition) is 6. The zero-order valence-corrected chi connectivity index (χ0v) is 10.1. The molecule has 0 amide bonds. The van der Waals surface area contributed by atoms with Crippen molar-refractivity contribution in [3.8, 4) is 5.82 Å². The van der Waals surface area contributed by atoms with Crippen LogP contribution in [0.15, 0.2) is 23.1 Å². The predicted octanol–water partition coefficient (Wildman–Crippen LogP) is 1.03. The molecule has 0 aliphatic rings. The molecule has 18 heavy (non-hydrogen) atoms. The van der Waals surface area contributed by atoms with Crippen molar-refractivity contribution in [1.82, 2.24) is 19.7 Å². The maximum atomic E-state index is 11.0. The van der Waals surface area contributed by atoms with Crippen LogP contribution >= 0.6 is 15.9 Å². The van der Waals surface area contributed by atoms with E-state index in [1.807, 2.05) is 0 Å². The van der Waals surface area contributed by atoms with Crippen molar-refractivity contribution >= 4 is 27.8 Å². The zero-order chi connectivity index (χ0) is 13.3. The summed E-state index contributed by atoms with van der Waals surface area (Å²) in [6, 6.07) is 2.75. The molecule has 2 rings (SSSR count). The molecule has 0 aliphatic heterocycles. The molecule has 1 N–H and O–H groups in total. The van der Waals surface area contributed by atoms with E-state index in [0.717, 1.165) is 4.68 Å². The summed E-state index contributed by atoms with van der Waals surface area (Å²) in [4.78, 5) is 28.1. The predicted molar refractivity (Wildman–Crippen MR) is 60.5 cm³/mol. The van der Waals surface area contributed by atoms with Gasteiger partial charge in [0.25, 0.3) is 4.73 Å². The Hall–Kier alpha value is -2.36. The van der Waals surface area contributed by atoms with E-state index in [0.29, 0.717) is 0 Å². The number of nitro groups is 1. The SMILES string of the molecule is O=C(O)c1cccnc1-n1nc([N+](=O)[O-])nc1Br. The summed E-state index contributed by atoms with van der Waals surface area (Å²) in [5.41, 5.74) is -0.141. The quantitative estimate of drug-likeness (QED) is 0.662. The summed E-state index contributed by atoms with van der Waals surface area (Å²) in [7, 11) is 0. The van der Waals surface area contributed by atoms with Crippen LogP contribution in [0.1, 0.15) is 10.4 Å². The lowest BCUT2D eigenvalue weighted by atomic mass is 10.2. The van der Waals surface area contributed by atoms with Crippen LogP contribution in [-0.2, 0) is 0 Å². The van der Waals surface area contributed by atoms with Crippen molar-refractivity contribution < 1.29 is 14.8 Å². The molecule has 0 unspecified atom stereocenters.